The van der Waals surface area contributed by atoms with Gasteiger partial charge in [-0.2, -0.15) is 0 Å². The van der Waals surface area contributed by atoms with Crippen molar-refractivity contribution in [1.29, 1.82) is 0 Å². The molecular formula is C23H44O5. The van der Waals surface area contributed by atoms with Crippen molar-refractivity contribution < 1.29 is 24.8 Å². The highest BCUT2D eigenvalue weighted by Gasteiger charge is 2.38. The van der Waals surface area contributed by atoms with Crippen molar-refractivity contribution in [2.24, 2.45) is 0 Å². The molecule has 0 aromatic carbocycles. The molecule has 1 aliphatic rings. The number of allylic oxidation sites excluding steroid dienone is 2. The first-order valence-corrected chi connectivity index (χ1v) is 11.6. The fourth-order valence-electron chi connectivity index (χ4n) is 3.62. The highest BCUT2D eigenvalue weighted by molar-refractivity contribution is 4.87. The second-order valence-electron chi connectivity index (χ2n) is 8.03. The van der Waals surface area contributed by atoms with Gasteiger partial charge in [-0.05, 0) is 32.1 Å². The topological polar surface area (TPSA) is 79.2 Å². The summed E-state index contributed by atoms with van der Waals surface area (Å²) in [5.74, 6) is 0. The van der Waals surface area contributed by atoms with Gasteiger partial charge in [0.05, 0.1) is 13.2 Å². The van der Waals surface area contributed by atoms with E-state index >= 15 is 0 Å². The molecule has 5 heteroatoms. The number of hydrogen-bond acceptors (Lipinski definition) is 5. The molecule has 1 fully saturated rings. The lowest BCUT2D eigenvalue weighted by Gasteiger charge is -2.37. The number of aliphatic hydroxyl groups excluding tert-OH is 3. The van der Waals surface area contributed by atoms with Crippen LogP contribution in [-0.4, -0.2) is 59.6 Å². The van der Waals surface area contributed by atoms with Crippen molar-refractivity contribution in [3.8, 4) is 0 Å². The van der Waals surface area contributed by atoms with Crippen LogP contribution in [0.1, 0.15) is 90.4 Å². The van der Waals surface area contributed by atoms with E-state index in [1.165, 1.54) is 57.8 Å². The molecule has 0 radical (unpaired) electrons. The average molecular weight is 401 g/mol. The summed E-state index contributed by atoms with van der Waals surface area (Å²) in [7, 11) is 0. The van der Waals surface area contributed by atoms with E-state index in [0.717, 1.165) is 25.7 Å². The van der Waals surface area contributed by atoms with Gasteiger partial charge in [0.2, 0.25) is 0 Å². The molecule has 0 spiro atoms. The summed E-state index contributed by atoms with van der Waals surface area (Å²) in [5, 5.41) is 29.1. The average Bonchev–Trinajstić information content (AvgIpc) is 2.70. The van der Waals surface area contributed by atoms with Gasteiger partial charge in [0.25, 0.3) is 0 Å². The molecule has 1 heterocycles. The Labute approximate surface area is 172 Å². The van der Waals surface area contributed by atoms with E-state index in [2.05, 4.69) is 19.1 Å². The van der Waals surface area contributed by atoms with E-state index in [4.69, 9.17) is 14.6 Å². The fraction of sp³-hybridized carbons (Fsp3) is 0.913. The number of aliphatic hydroxyl groups is 3. The Morgan fingerprint density at radius 1 is 0.857 bits per heavy atom. The minimum absolute atomic E-state index is 0.0939. The number of ether oxygens (including phenoxy) is 2. The predicted molar refractivity (Wildman–Crippen MR) is 113 cm³/mol. The molecule has 0 amide bonds. The molecule has 28 heavy (non-hydrogen) atoms. The molecule has 5 nitrogen and oxygen atoms in total. The van der Waals surface area contributed by atoms with Gasteiger partial charge in [0.1, 0.15) is 24.4 Å². The lowest BCUT2D eigenvalue weighted by Crippen LogP contribution is -2.55. The minimum atomic E-state index is -0.979. The Kier molecular flexibility index (Phi) is 15.9. The monoisotopic (exact) mass is 400 g/mol. The Morgan fingerprint density at radius 2 is 1.43 bits per heavy atom. The molecule has 0 unspecified atom stereocenters. The molecule has 166 valence electrons. The third-order valence-electron chi connectivity index (χ3n) is 5.47. The van der Waals surface area contributed by atoms with Gasteiger partial charge < -0.3 is 24.8 Å². The van der Waals surface area contributed by atoms with Crippen LogP contribution in [0.3, 0.4) is 0 Å². The Bertz CT molecular complexity index is 374. The molecule has 0 saturated carbocycles. The second-order valence-corrected chi connectivity index (χ2v) is 8.03. The number of unbranched alkanes of at least 4 members (excludes halogenated alkanes) is 11. The maximum Gasteiger partial charge on any atom is 0.114 e. The van der Waals surface area contributed by atoms with Crippen LogP contribution < -0.4 is 0 Å². The van der Waals surface area contributed by atoms with Crippen molar-refractivity contribution in [1.82, 2.24) is 0 Å². The minimum Gasteiger partial charge on any atom is -0.394 e. The van der Waals surface area contributed by atoms with Crippen LogP contribution in [0.15, 0.2) is 12.2 Å². The standard InChI is InChI=1S/C23H44O5/c1-2-3-4-5-6-7-8-9-10-11-12-13-14-15-16-17-27-23-20(25)19-28-21(18-24)22(23)26/h11-12,20-26H,2-10,13-19H2,1H3/b12-11+/t20-,21+,22+,23+/m1/s1. The van der Waals surface area contributed by atoms with Gasteiger partial charge in [-0.3, -0.25) is 0 Å². The Morgan fingerprint density at radius 3 is 2.04 bits per heavy atom. The molecule has 3 N–H and O–H groups in total. The molecule has 0 bridgehead atoms. The number of rotatable bonds is 17. The lowest BCUT2D eigenvalue weighted by atomic mass is 10.0. The van der Waals surface area contributed by atoms with Gasteiger partial charge >= 0.3 is 0 Å². The van der Waals surface area contributed by atoms with Crippen molar-refractivity contribution >= 4 is 0 Å². The lowest BCUT2D eigenvalue weighted by molar-refractivity contribution is -0.210. The van der Waals surface area contributed by atoms with Crippen LogP contribution in [0.2, 0.25) is 0 Å². The first kappa shape index (κ1) is 25.6. The van der Waals surface area contributed by atoms with Gasteiger partial charge in [0, 0.05) is 6.61 Å². The molecular weight excluding hydrogens is 356 g/mol. The van der Waals surface area contributed by atoms with E-state index in [1.54, 1.807) is 0 Å². The quantitative estimate of drug-likeness (QED) is 0.253. The predicted octanol–water partition coefficient (Wildman–Crippen LogP) is 4.13. The number of hydrogen-bond donors (Lipinski definition) is 3. The largest absolute Gasteiger partial charge is 0.394 e. The van der Waals surface area contributed by atoms with E-state index < -0.39 is 24.4 Å². The van der Waals surface area contributed by atoms with Crippen LogP contribution in [0, 0.1) is 0 Å². The second kappa shape index (κ2) is 17.4. The van der Waals surface area contributed by atoms with E-state index in [-0.39, 0.29) is 13.2 Å². The first-order chi connectivity index (χ1) is 13.7. The zero-order chi connectivity index (χ0) is 20.5. The van der Waals surface area contributed by atoms with E-state index in [9.17, 15) is 10.2 Å². The highest BCUT2D eigenvalue weighted by atomic mass is 16.6. The van der Waals surface area contributed by atoms with Gasteiger partial charge in [-0.25, -0.2) is 0 Å². The van der Waals surface area contributed by atoms with Crippen molar-refractivity contribution in [3.63, 3.8) is 0 Å². The van der Waals surface area contributed by atoms with E-state index in [0.29, 0.717) is 6.61 Å². The summed E-state index contributed by atoms with van der Waals surface area (Å²) in [5.41, 5.74) is 0. The van der Waals surface area contributed by atoms with Gasteiger partial charge in [-0.15, -0.1) is 0 Å². The molecule has 1 rings (SSSR count). The molecule has 4 atom stereocenters. The Hall–Kier alpha value is -0.460. The smallest absolute Gasteiger partial charge is 0.114 e. The molecule has 0 aliphatic carbocycles. The third kappa shape index (κ3) is 11.5. The Balaban J connectivity index is 1.90. The molecule has 0 aromatic rings. The van der Waals surface area contributed by atoms with Crippen molar-refractivity contribution in [2.45, 2.75) is 115 Å². The van der Waals surface area contributed by atoms with Crippen molar-refractivity contribution in [3.05, 3.63) is 12.2 Å². The highest BCUT2D eigenvalue weighted by Crippen LogP contribution is 2.19. The van der Waals surface area contributed by atoms with Crippen LogP contribution in [0.5, 0.6) is 0 Å². The SMILES string of the molecule is CCCCCCCCCC/C=C/CCCCCO[C@@H]1[C@@H](O)[C@H](CO)OC[C@H]1O. The summed E-state index contributed by atoms with van der Waals surface area (Å²) < 4.78 is 10.8. The summed E-state index contributed by atoms with van der Waals surface area (Å²) in [6, 6.07) is 0. The van der Waals surface area contributed by atoms with Gasteiger partial charge in [0.15, 0.2) is 0 Å². The summed E-state index contributed by atoms with van der Waals surface area (Å²) >= 11 is 0. The third-order valence-corrected chi connectivity index (χ3v) is 5.47. The zero-order valence-electron chi connectivity index (χ0n) is 17.9. The fourth-order valence-corrected chi connectivity index (χ4v) is 3.62. The normalized spacial score (nSPS) is 25.6. The zero-order valence-corrected chi connectivity index (χ0v) is 17.9. The maximum absolute atomic E-state index is 10.0. The molecule has 0 aromatic heterocycles. The molecule has 1 saturated heterocycles. The van der Waals surface area contributed by atoms with Gasteiger partial charge in [-0.1, -0.05) is 70.4 Å². The molecule has 1 aliphatic heterocycles. The maximum atomic E-state index is 10.0. The van der Waals surface area contributed by atoms with E-state index in [1.807, 2.05) is 0 Å². The summed E-state index contributed by atoms with van der Waals surface area (Å²) in [6.07, 6.45) is 17.8. The van der Waals surface area contributed by atoms with Crippen LogP contribution >= 0.6 is 0 Å². The van der Waals surface area contributed by atoms with Crippen LogP contribution in [-0.2, 0) is 9.47 Å². The van der Waals surface area contributed by atoms with Crippen LogP contribution in [0.25, 0.3) is 0 Å². The van der Waals surface area contributed by atoms with Crippen LogP contribution in [0.4, 0.5) is 0 Å². The first-order valence-electron chi connectivity index (χ1n) is 11.6. The summed E-state index contributed by atoms with van der Waals surface area (Å²) in [4.78, 5) is 0. The van der Waals surface area contributed by atoms with Crippen molar-refractivity contribution in [2.75, 3.05) is 19.8 Å². The summed E-state index contributed by atoms with van der Waals surface area (Å²) in [6.45, 7) is 2.60.